The molecule has 0 radical (unpaired) electrons. The molecule has 8 heavy (non-hydrogen) atoms. The zero-order chi connectivity index (χ0) is 5.11. The number of rotatable bonds is 0. The van der Waals surface area contributed by atoms with Crippen LogP contribution in [0.15, 0.2) is 29.0 Å². The Morgan fingerprint density at radius 3 is 2.50 bits per heavy atom. The monoisotopic (exact) mass is 259 g/mol. The molecule has 0 N–H and O–H groups in total. The summed E-state index contributed by atoms with van der Waals surface area (Å²) >= 11 is 3.25. The van der Waals surface area contributed by atoms with Crippen molar-refractivity contribution in [2.75, 3.05) is 0 Å². The average Bonchev–Trinajstić information content (AvgIpc) is 1.69. The van der Waals surface area contributed by atoms with Gasteiger partial charge in [-0.25, -0.2) is 0 Å². The average molecular weight is 259 g/mol. The van der Waals surface area contributed by atoms with Gasteiger partial charge in [0.1, 0.15) is 0 Å². The van der Waals surface area contributed by atoms with Crippen molar-refractivity contribution in [3.63, 3.8) is 0 Å². The van der Waals surface area contributed by atoms with E-state index in [4.69, 9.17) is 0 Å². The summed E-state index contributed by atoms with van der Waals surface area (Å²) in [4.78, 5) is 3.84. The summed E-state index contributed by atoms with van der Waals surface area (Å²) in [5.74, 6) is 0. The fraction of sp³-hybridized carbons (Fsp3) is 0. The molecule has 0 fully saturated rings. The van der Waals surface area contributed by atoms with Crippen LogP contribution in [0.3, 0.4) is 0 Å². The zero-order valence-corrected chi connectivity index (χ0v) is 7.31. The van der Waals surface area contributed by atoms with Crippen LogP contribution in [0.4, 0.5) is 0 Å². The Morgan fingerprint density at radius 2 is 2.25 bits per heavy atom. The molecular weight excluding hydrogens is 255 g/mol. The molecular formula is C5H4BrNRu. The Labute approximate surface area is 69.4 Å². The molecule has 0 bridgehead atoms. The van der Waals surface area contributed by atoms with Crippen molar-refractivity contribution < 1.29 is 19.5 Å². The molecule has 1 aromatic heterocycles. The standard InChI is InChI=1S/C5H4BrN.Ru/c6-5-2-1-3-7-4-5;/h1-4H;. The minimum Gasteiger partial charge on any atom is -0.264 e. The van der Waals surface area contributed by atoms with E-state index in [-0.39, 0.29) is 19.5 Å². The van der Waals surface area contributed by atoms with E-state index in [0.29, 0.717) is 0 Å². The molecule has 0 aliphatic rings. The Kier molecular flexibility index (Phi) is 4.30. The van der Waals surface area contributed by atoms with Gasteiger partial charge in [0.15, 0.2) is 0 Å². The Hall–Kier alpha value is 0.253. The van der Waals surface area contributed by atoms with E-state index in [9.17, 15) is 0 Å². The zero-order valence-electron chi connectivity index (χ0n) is 3.99. The first-order valence-electron chi connectivity index (χ1n) is 1.95. The maximum atomic E-state index is 3.84. The number of halogens is 1. The van der Waals surface area contributed by atoms with Crippen LogP contribution in [0.25, 0.3) is 0 Å². The molecule has 0 aliphatic carbocycles. The van der Waals surface area contributed by atoms with Gasteiger partial charge in [-0.2, -0.15) is 0 Å². The first-order chi connectivity index (χ1) is 3.39. The number of hydrogen-bond donors (Lipinski definition) is 0. The molecule has 1 nitrogen and oxygen atoms in total. The van der Waals surface area contributed by atoms with Crippen LogP contribution < -0.4 is 0 Å². The summed E-state index contributed by atoms with van der Waals surface area (Å²) in [6, 6.07) is 3.82. The molecule has 0 aliphatic heterocycles. The number of aromatic nitrogens is 1. The molecule has 0 unspecified atom stereocenters. The molecule has 1 heterocycles. The predicted molar refractivity (Wildman–Crippen MR) is 31.9 cm³/mol. The molecule has 0 saturated heterocycles. The summed E-state index contributed by atoms with van der Waals surface area (Å²) in [7, 11) is 0. The quantitative estimate of drug-likeness (QED) is 0.648. The molecule has 0 aromatic carbocycles. The van der Waals surface area contributed by atoms with E-state index in [0.717, 1.165) is 4.47 Å². The summed E-state index contributed by atoms with van der Waals surface area (Å²) in [5, 5.41) is 0. The van der Waals surface area contributed by atoms with Crippen LogP contribution in [0.5, 0.6) is 0 Å². The van der Waals surface area contributed by atoms with E-state index in [1.165, 1.54) is 0 Å². The third-order valence-electron chi connectivity index (χ3n) is 0.625. The van der Waals surface area contributed by atoms with Gasteiger partial charge >= 0.3 is 0 Å². The molecule has 3 heteroatoms. The van der Waals surface area contributed by atoms with E-state index < -0.39 is 0 Å². The Morgan fingerprint density at radius 1 is 1.50 bits per heavy atom. The van der Waals surface area contributed by atoms with Gasteiger partial charge in [0.25, 0.3) is 0 Å². The van der Waals surface area contributed by atoms with Gasteiger partial charge in [0.2, 0.25) is 0 Å². The second-order valence-electron chi connectivity index (χ2n) is 1.17. The van der Waals surface area contributed by atoms with Gasteiger partial charge in [0, 0.05) is 36.3 Å². The van der Waals surface area contributed by atoms with Crippen molar-refractivity contribution in [2.24, 2.45) is 0 Å². The van der Waals surface area contributed by atoms with Gasteiger partial charge in [0.05, 0.1) is 0 Å². The minimum atomic E-state index is 0. The number of pyridine rings is 1. The van der Waals surface area contributed by atoms with Crippen molar-refractivity contribution in [1.82, 2.24) is 4.98 Å². The molecule has 1 aromatic rings. The smallest absolute Gasteiger partial charge is 0.0410 e. The van der Waals surface area contributed by atoms with Crippen molar-refractivity contribution >= 4 is 15.9 Å². The normalized spacial score (nSPS) is 7.62. The molecule has 0 atom stereocenters. The Balaban J connectivity index is 0.000000490. The van der Waals surface area contributed by atoms with Gasteiger partial charge in [-0.15, -0.1) is 0 Å². The first-order valence-corrected chi connectivity index (χ1v) is 2.74. The SMILES string of the molecule is Brc1cccnc1.[Ru]. The van der Waals surface area contributed by atoms with Crippen LogP contribution in [0.2, 0.25) is 0 Å². The summed E-state index contributed by atoms with van der Waals surface area (Å²) in [6.07, 6.45) is 3.49. The molecule has 44 valence electrons. The minimum absolute atomic E-state index is 0. The van der Waals surface area contributed by atoms with Crippen molar-refractivity contribution in [1.29, 1.82) is 0 Å². The van der Waals surface area contributed by atoms with Gasteiger partial charge < -0.3 is 0 Å². The first kappa shape index (κ1) is 8.25. The third-order valence-corrected chi connectivity index (χ3v) is 1.09. The van der Waals surface area contributed by atoms with Crippen LogP contribution >= 0.6 is 15.9 Å². The molecule has 0 saturated carbocycles. The van der Waals surface area contributed by atoms with E-state index >= 15 is 0 Å². The van der Waals surface area contributed by atoms with Crippen LogP contribution in [-0.4, -0.2) is 4.98 Å². The third kappa shape index (κ3) is 2.53. The fourth-order valence-electron chi connectivity index (χ4n) is 0.342. The maximum absolute atomic E-state index is 3.84. The topological polar surface area (TPSA) is 12.9 Å². The van der Waals surface area contributed by atoms with Crippen molar-refractivity contribution in [3.8, 4) is 0 Å². The summed E-state index contributed by atoms with van der Waals surface area (Å²) in [6.45, 7) is 0. The van der Waals surface area contributed by atoms with Crippen LogP contribution in [0.1, 0.15) is 0 Å². The molecule has 1 rings (SSSR count). The Bertz CT molecular complexity index is 142. The second kappa shape index (κ2) is 4.16. The summed E-state index contributed by atoms with van der Waals surface area (Å²) < 4.78 is 1.02. The fourth-order valence-corrected chi connectivity index (χ4v) is 0.613. The van der Waals surface area contributed by atoms with E-state index in [1.54, 1.807) is 12.4 Å². The van der Waals surface area contributed by atoms with Gasteiger partial charge in [-0.1, -0.05) is 0 Å². The predicted octanol–water partition coefficient (Wildman–Crippen LogP) is 1.84. The molecule has 0 amide bonds. The number of nitrogens with zero attached hydrogens (tertiary/aromatic N) is 1. The largest absolute Gasteiger partial charge is 0.264 e. The van der Waals surface area contributed by atoms with Crippen LogP contribution in [-0.2, 0) is 19.5 Å². The summed E-state index contributed by atoms with van der Waals surface area (Å²) in [5.41, 5.74) is 0. The van der Waals surface area contributed by atoms with Gasteiger partial charge in [-0.05, 0) is 28.1 Å². The maximum Gasteiger partial charge on any atom is 0.0410 e. The van der Waals surface area contributed by atoms with E-state index in [1.807, 2.05) is 12.1 Å². The van der Waals surface area contributed by atoms with Crippen LogP contribution in [0, 0.1) is 0 Å². The van der Waals surface area contributed by atoms with Gasteiger partial charge in [-0.3, -0.25) is 4.98 Å². The van der Waals surface area contributed by atoms with E-state index in [2.05, 4.69) is 20.9 Å². The van der Waals surface area contributed by atoms with Crippen molar-refractivity contribution in [2.45, 2.75) is 0 Å². The second-order valence-corrected chi connectivity index (χ2v) is 2.09. The molecule has 0 spiro atoms. The van der Waals surface area contributed by atoms with Crippen molar-refractivity contribution in [3.05, 3.63) is 29.0 Å². The number of hydrogen-bond acceptors (Lipinski definition) is 1.